The highest BCUT2D eigenvalue weighted by Gasteiger charge is 2.11. The minimum absolute atomic E-state index is 0.0841. The summed E-state index contributed by atoms with van der Waals surface area (Å²) >= 11 is 3.57. The van der Waals surface area contributed by atoms with Gasteiger partial charge in [0.2, 0.25) is 5.91 Å². The van der Waals surface area contributed by atoms with E-state index in [1.807, 2.05) is 25.6 Å². The first-order valence-corrected chi connectivity index (χ1v) is 7.45. The SMILES string of the molecule is CCc1nn(C)c(CNCCC(=O)NC(C)C)c1Br. The molecule has 6 heteroatoms. The molecule has 0 fully saturated rings. The lowest BCUT2D eigenvalue weighted by Gasteiger charge is -2.09. The first-order chi connectivity index (χ1) is 8.95. The Kier molecular flexibility index (Phi) is 6.51. The van der Waals surface area contributed by atoms with Crippen LogP contribution in [0, 0.1) is 0 Å². The molecule has 1 aromatic heterocycles. The van der Waals surface area contributed by atoms with Gasteiger partial charge in [0.15, 0.2) is 0 Å². The van der Waals surface area contributed by atoms with Crippen LogP contribution in [0.3, 0.4) is 0 Å². The molecule has 0 saturated heterocycles. The van der Waals surface area contributed by atoms with Gasteiger partial charge in [-0.15, -0.1) is 0 Å². The van der Waals surface area contributed by atoms with Crippen LogP contribution in [0.25, 0.3) is 0 Å². The van der Waals surface area contributed by atoms with Gasteiger partial charge in [-0.25, -0.2) is 0 Å². The lowest BCUT2D eigenvalue weighted by molar-refractivity contribution is -0.121. The van der Waals surface area contributed by atoms with Crippen LogP contribution < -0.4 is 10.6 Å². The van der Waals surface area contributed by atoms with Crippen LogP contribution in [0.15, 0.2) is 4.47 Å². The van der Waals surface area contributed by atoms with E-state index in [-0.39, 0.29) is 11.9 Å². The summed E-state index contributed by atoms with van der Waals surface area (Å²) in [5.41, 5.74) is 2.18. The number of nitrogens with one attached hydrogen (secondary N) is 2. The van der Waals surface area contributed by atoms with E-state index in [2.05, 4.69) is 38.6 Å². The molecular weight excluding hydrogens is 308 g/mol. The Morgan fingerprint density at radius 3 is 2.68 bits per heavy atom. The number of aromatic nitrogens is 2. The summed E-state index contributed by atoms with van der Waals surface area (Å²) in [6.45, 7) is 7.38. The predicted molar refractivity (Wildman–Crippen MR) is 79.9 cm³/mol. The van der Waals surface area contributed by atoms with Gasteiger partial charge in [-0.3, -0.25) is 9.48 Å². The van der Waals surface area contributed by atoms with Gasteiger partial charge in [-0.05, 0) is 36.2 Å². The number of hydrogen-bond donors (Lipinski definition) is 2. The van der Waals surface area contributed by atoms with Crippen LogP contribution in [0.1, 0.15) is 38.6 Å². The van der Waals surface area contributed by atoms with Crippen molar-refractivity contribution in [2.24, 2.45) is 7.05 Å². The molecular formula is C13H23BrN4O. The maximum absolute atomic E-state index is 11.5. The van der Waals surface area contributed by atoms with E-state index >= 15 is 0 Å². The summed E-state index contributed by atoms with van der Waals surface area (Å²) in [4.78, 5) is 11.5. The van der Waals surface area contributed by atoms with E-state index < -0.39 is 0 Å². The van der Waals surface area contributed by atoms with E-state index in [1.54, 1.807) is 0 Å². The lowest BCUT2D eigenvalue weighted by Crippen LogP contribution is -2.32. The fourth-order valence-electron chi connectivity index (χ4n) is 1.81. The van der Waals surface area contributed by atoms with E-state index in [0.29, 0.717) is 19.5 Å². The Balaban J connectivity index is 2.38. The number of hydrogen-bond acceptors (Lipinski definition) is 3. The molecule has 1 rings (SSSR count). The molecule has 19 heavy (non-hydrogen) atoms. The number of amides is 1. The molecule has 0 unspecified atom stereocenters. The van der Waals surface area contributed by atoms with Crippen LogP contribution in [-0.4, -0.2) is 28.3 Å². The monoisotopic (exact) mass is 330 g/mol. The van der Waals surface area contributed by atoms with Gasteiger partial charge in [-0.1, -0.05) is 6.92 Å². The standard InChI is InChI=1S/C13H23BrN4O/c1-5-10-13(14)11(18(4)17-10)8-15-7-6-12(19)16-9(2)3/h9,15H,5-8H2,1-4H3,(H,16,19). The number of aryl methyl sites for hydroxylation is 2. The highest BCUT2D eigenvalue weighted by Crippen LogP contribution is 2.21. The van der Waals surface area contributed by atoms with Crippen molar-refractivity contribution in [2.75, 3.05) is 6.54 Å². The number of halogens is 1. The molecule has 0 saturated carbocycles. The van der Waals surface area contributed by atoms with Crippen LogP contribution in [0.5, 0.6) is 0 Å². The van der Waals surface area contributed by atoms with E-state index in [0.717, 1.165) is 22.3 Å². The molecule has 0 aromatic carbocycles. The zero-order valence-electron chi connectivity index (χ0n) is 12.1. The van der Waals surface area contributed by atoms with Gasteiger partial charge in [0.1, 0.15) is 0 Å². The first kappa shape index (κ1) is 16.2. The van der Waals surface area contributed by atoms with Crippen molar-refractivity contribution in [3.63, 3.8) is 0 Å². The van der Waals surface area contributed by atoms with Crippen molar-refractivity contribution in [1.29, 1.82) is 0 Å². The summed E-state index contributed by atoms with van der Waals surface area (Å²) < 4.78 is 2.95. The third-order valence-corrected chi connectivity index (χ3v) is 3.69. The van der Waals surface area contributed by atoms with Crippen LogP contribution in [0.2, 0.25) is 0 Å². The topological polar surface area (TPSA) is 59.0 Å². The zero-order chi connectivity index (χ0) is 14.4. The van der Waals surface area contributed by atoms with Crippen LogP contribution in [0.4, 0.5) is 0 Å². The summed E-state index contributed by atoms with van der Waals surface area (Å²) in [6, 6.07) is 0.200. The Morgan fingerprint density at radius 2 is 2.16 bits per heavy atom. The second-order valence-electron chi connectivity index (χ2n) is 4.83. The molecule has 0 aliphatic heterocycles. The summed E-state index contributed by atoms with van der Waals surface area (Å²) in [6.07, 6.45) is 1.40. The summed E-state index contributed by atoms with van der Waals surface area (Å²) in [5.74, 6) is 0.0841. The smallest absolute Gasteiger partial charge is 0.221 e. The van der Waals surface area contributed by atoms with Gasteiger partial charge < -0.3 is 10.6 Å². The number of carbonyl (C=O) groups excluding carboxylic acids is 1. The van der Waals surface area contributed by atoms with Crippen molar-refractivity contribution < 1.29 is 4.79 Å². The molecule has 0 bridgehead atoms. The Labute approximate surface area is 123 Å². The number of rotatable bonds is 7. The van der Waals surface area contributed by atoms with Crippen molar-refractivity contribution in [2.45, 2.75) is 46.2 Å². The van der Waals surface area contributed by atoms with E-state index in [1.165, 1.54) is 0 Å². The third kappa shape index (κ3) is 4.95. The fraction of sp³-hybridized carbons (Fsp3) is 0.692. The highest BCUT2D eigenvalue weighted by atomic mass is 79.9. The molecule has 5 nitrogen and oxygen atoms in total. The van der Waals surface area contributed by atoms with Crippen LogP contribution >= 0.6 is 15.9 Å². The largest absolute Gasteiger partial charge is 0.354 e. The van der Waals surface area contributed by atoms with Crippen molar-refractivity contribution in [3.05, 3.63) is 15.9 Å². The minimum atomic E-state index is 0.0841. The summed E-state index contributed by atoms with van der Waals surface area (Å²) in [7, 11) is 1.94. The predicted octanol–water partition coefficient (Wildman–Crippen LogP) is 1.75. The second-order valence-corrected chi connectivity index (χ2v) is 5.63. The molecule has 0 aliphatic carbocycles. The summed E-state index contributed by atoms with van der Waals surface area (Å²) in [5, 5.41) is 10.6. The third-order valence-electron chi connectivity index (χ3n) is 2.77. The van der Waals surface area contributed by atoms with Gasteiger partial charge in [0.25, 0.3) is 0 Å². The normalized spacial score (nSPS) is 11.1. The molecule has 108 valence electrons. The molecule has 0 aliphatic rings. The molecule has 0 radical (unpaired) electrons. The number of nitrogens with zero attached hydrogens (tertiary/aromatic N) is 2. The molecule has 2 N–H and O–H groups in total. The maximum atomic E-state index is 11.5. The average molecular weight is 331 g/mol. The Bertz CT molecular complexity index is 429. The maximum Gasteiger partial charge on any atom is 0.221 e. The Hall–Kier alpha value is -0.880. The van der Waals surface area contributed by atoms with Crippen molar-refractivity contribution in [3.8, 4) is 0 Å². The second kappa shape index (κ2) is 7.65. The van der Waals surface area contributed by atoms with E-state index in [4.69, 9.17) is 0 Å². The lowest BCUT2D eigenvalue weighted by atomic mass is 10.3. The van der Waals surface area contributed by atoms with Gasteiger partial charge in [0, 0.05) is 32.6 Å². The highest BCUT2D eigenvalue weighted by molar-refractivity contribution is 9.10. The quantitative estimate of drug-likeness (QED) is 0.749. The average Bonchev–Trinajstić information content (AvgIpc) is 2.60. The first-order valence-electron chi connectivity index (χ1n) is 6.66. The molecule has 0 atom stereocenters. The van der Waals surface area contributed by atoms with Crippen LogP contribution in [-0.2, 0) is 24.8 Å². The van der Waals surface area contributed by atoms with Crippen molar-refractivity contribution in [1.82, 2.24) is 20.4 Å². The zero-order valence-corrected chi connectivity index (χ0v) is 13.7. The fourth-order valence-corrected chi connectivity index (χ4v) is 2.57. The minimum Gasteiger partial charge on any atom is -0.354 e. The van der Waals surface area contributed by atoms with Crippen molar-refractivity contribution >= 4 is 21.8 Å². The molecule has 1 aromatic rings. The van der Waals surface area contributed by atoms with Gasteiger partial charge in [0.05, 0.1) is 15.9 Å². The van der Waals surface area contributed by atoms with Gasteiger partial charge >= 0.3 is 0 Å². The van der Waals surface area contributed by atoms with E-state index in [9.17, 15) is 4.79 Å². The molecule has 1 amide bonds. The molecule has 0 spiro atoms. The number of carbonyl (C=O) groups is 1. The molecule has 1 heterocycles. The Morgan fingerprint density at radius 1 is 1.47 bits per heavy atom. The van der Waals surface area contributed by atoms with Gasteiger partial charge in [-0.2, -0.15) is 5.10 Å².